The lowest BCUT2D eigenvalue weighted by Crippen LogP contribution is -2.37. The molecule has 2 N–H and O–H groups in total. The number of primary amides is 1. The summed E-state index contributed by atoms with van der Waals surface area (Å²) in [4.78, 5) is 21.1. The van der Waals surface area contributed by atoms with Gasteiger partial charge in [-0.15, -0.1) is 0 Å². The number of imidazole rings is 1. The van der Waals surface area contributed by atoms with Crippen molar-refractivity contribution in [2.75, 3.05) is 12.8 Å². The number of sulfone groups is 1. The van der Waals surface area contributed by atoms with Crippen molar-refractivity contribution in [2.24, 2.45) is 12.8 Å². The first-order valence-corrected chi connectivity index (χ1v) is 10.1. The third-order valence-electron chi connectivity index (χ3n) is 4.75. The average molecular weight is 429 g/mol. The number of aryl methyl sites for hydroxylation is 1. The molecule has 29 heavy (non-hydrogen) atoms. The van der Waals surface area contributed by atoms with E-state index in [4.69, 9.17) is 5.73 Å². The Balaban J connectivity index is 2.24. The van der Waals surface area contributed by atoms with Crippen molar-refractivity contribution in [1.82, 2.24) is 19.4 Å². The number of aromatic nitrogens is 3. The van der Waals surface area contributed by atoms with Crippen molar-refractivity contribution >= 4 is 26.9 Å². The Morgan fingerprint density at radius 1 is 1.28 bits per heavy atom. The summed E-state index contributed by atoms with van der Waals surface area (Å²) >= 11 is 0. The SMILES string of the molecule is CCS(=O)(=O)C1=CC=C(C(N)=O)N(C)C1c1nc2cc(C(F)(F)F)cnc2n1C. The van der Waals surface area contributed by atoms with Gasteiger partial charge in [-0.25, -0.2) is 18.4 Å². The molecule has 3 rings (SSSR count). The van der Waals surface area contributed by atoms with Gasteiger partial charge in [-0.1, -0.05) is 6.92 Å². The van der Waals surface area contributed by atoms with Crippen molar-refractivity contribution in [3.05, 3.63) is 46.4 Å². The molecule has 0 aromatic carbocycles. The number of nitrogens with two attached hydrogens (primary N) is 1. The lowest BCUT2D eigenvalue weighted by atomic mass is 10.1. The van der Waals surface area contributed by atoms with Gasteiger partial charge in [0.1, 0.15) is 23.1 Å². The van der Waals surface area contributed by atoms with Gasteiger partial charge in [0.15, 0.2) is 15.5 Å². The second kappa shape index (κ2) is 6.87. The Bertz CT molecular complexity index is 1160. The molecule has 1 aliphatic heterocycles. The zero-order valence-corrected chi connectivity index (χ0v) is 16.5. The van der Waals surface area contributed by atoms with Gasteiger partial charge < -0.3 is 15.2 Å². The monoisotopic (exact) mass is 429 g/mol. The molecule has 0 saturated heterocycles. The molecule has 1 amide bonds. The van der Waals surface area contributed by atoms with E-state index in [0.717, 1.165) is 6.07 Å². The number of alkyl halides is 3. The lowest BCUT2D eigenvalue weighted by molar-refractivity contribution is -0.137. The van der Waals surface area contributed by atoms with Gasteiger partial charge in [0.05, 0.1) is 16.2 Å². The summed E-state index contributed by atoms with van der Waals surface area (Å²) in [5, 5.41) is 0. The first-order valence-electron chi connectivity index (χ1n) is 8.45. The quantitative estimate of drug-likeness (QED) is 0.791. The predicted molar refractivity (Wildman–Crippen MR) is 98.8 cm³/mol. The summed E-state index contributed by atoms with van der Waals surface area (Å²) in [5.41, 5.74) is 4.54. The minimum Gasteiger partial charge on any atom is -0.364 e. The van der Waals surface area contributed by atoms with E-state index in [-0.39, 0.29) is 33.3 Å². The molecule has 0 spiro atoms. The molecule has 1 atom stereocenters. The summed E-state index contributed by atoms with van der Waals surface area (Å²) in [7, 11) is -0.740. The van der Waals surface area contributed by atoms with Crippen LogP contribution in [-0.2, 0) is 27.9 Å². The summed E-state index contributed by atoms with van der Waals surface area (Å²) in [6.07, 6.45) is -1.34. The number of pyridine rings is 1. The van der Waals surface area contributed by atoms with E-state index in [1.54, 1.807) is 0 Å². The Kier molecular flexibility index (Phi) is 4.93. The predicted octanol–water partition coefficient (Wildman–Crippen LogP) is 1.66. The highest BCUT2D eigenvalue weighted by Gasteiger charge is 2.38. The highest BCUT2D eigenvalue weighted by Crippen LogP contribution is 2.38. The Morgan fingerprint density at radius 2 is 1.93 bits per heavy atom. The maximum absolute atomic E-state index is 13.0. The number of allylic oxidation sites excluding steroid dienone is 2. The third kappa shape index (κ3) is 3.48. The molecule has 1 unspecified atom stereocenters. The number of nitrogens with zero attached hydrogens (tertiary/aromatic N) is 4. The van der Waals surface area contributed by atoms with Crippen molar-refractivity contribution in [3.8, 4) is 0 Å². The molecular formula is C17H18F3N5O3S. The van der Waals surface area contributed by atoms with E-state index in [2.05, 4.69) is 9.97 Å². The van der Waals surface area contributed by atoms with Gasteiger partial charge in [0.25, 0.3) is 5.91 Å². The maximum Gasteiger partial charge on any atom is 0.417 e. The van der Waals surface area contributed by atoms with E-state index in [9.17, 15) is 26.4 Å². The Hall–Kier alpha value is -2.89. The first-order chi connectivity index (χ1) is 13.4. The standard InChI is InChI=1S/C17H18F3N5O3S/c1-4-29(27,28)12-6-5-11(14(21)26)24(2)13(12)16-23-10-7-9(17(18,19)20)8-22-15(10)25(16)3/h5-8,13H,4H2,1-3H3,(H2,21,26). The number of amides is 1. The van der Waals surface area contributed by atoms with E-state index < -0.39 is 33.5 Å². The number of fused-ring (bicyclic) bond motifs is 1. The summed E-state index contributed by atoms with van der Waals surface area (Å²) in [6, 6.07) is -0.210. The van der Waals surface area contributed by atoms with Crippen LogP contribution in [0.15, 0.2) is 35.0 Å². The molecule has 0 radical (unpaired) electrons. The molecule has 1 aliphatic rings. The summed E-state index contributed by atoms with van der Waals surface area (Å²) < 4.78 is 65.7. The number of hydrogen-bond acceptors (Lipinski definition) is 6. The van der Waals surface area contributed by atoms with Crippen LogP contribution in [0.4, 0.5) is 13.2 Å². The van der Waals surface area contributed by atoms with E-state index in [1.165, 1.54) is 42.6 Å². The number of hydrogen-bond donors (Lipinski definition) is 1. The number of rotatable bonds is 4. The van der Waals surface area contributed by atoms with Crippen LogP contribution in [-0.4, -0.2) is 46.6 Å². The van der Waals surface area contributed by atoms with E-state index >= 15 is 0 Å². The topological polar surface area (TPSA) is 111 Å². The molecule has 0 saturated carbocycles. The van der Waals surface area contributed by atoms with Gasteiger partial charge >= 0.3 is 6.18 Å². The van der Waals surface area contributed by atoms with Crippen LogP contribution >= 0.6 is 0 Å². The number of carbonyl (C=O) groups is 1. The zero-order chi connectivity index (χ0) is 21.7. The van der Waals surface area contributed by atoms with Crippen molar-refractivity contribution in [3.63, 3.8) is 0 Å². The highest BCUT2D eigenvalue weighted by atomic mass is 32.2. The maximum atomic E-state index is 13.0. The minimum atomic E-state index is -4.60. The average Bonchev–Trinajstić information content (AvgIpc) is 2.96. The normalized spacial score (nSPS) is 18.0. The number of likely N-dealkylation sites (N-methyl/N-ethyl adjacent to an activating group) is 1. The Labute approximate surface area is 164 Å². The van der Waals surface area contributed by atoms with Gasteiger partial charge in [0, 0.05) is 20.3 Å². The van der Waals surface area contributed by atoms with Gasteiger partial charge in [0.2, 0.25) is 0 Å². The Morgan fingerprint density at radius 3 is 2.48 bits per heavy atom. The van der Waals surface area contributed by atoms with Crippen LogP contribution in [0, 0.1) is 0 Å². The van der Waals surface area contributed by atoms with Crippen molar-refractivity contribution in [2.45, 2.75) is 19.1 Å². The second-order valence-electron chi connectivity index (χ2n) is 6.50. The molecular weight excluding hydrogens is 411 g/mol. The van der Waals surface area contributed by atoms with Gasteiger partial charge in [-0.3, -0.25) is 4.79 Å². The van der Waals surface area contributed by atoms with Crippen molar-refractivity contribution in [1.29, 1.82) is 0 Å². The highest BCUT2D eigenvalue weighted by molar-refractivity contribution is 7.95. The van der Waals surface area contributed by atoms with E-state index in [0.29, 0.717) is 6.20 Å². The molecule has 0 aliphatic carbocycles. The molecule has 2 aromatic heterocycles. The minimum absolute atomic E-state index is 0.0399. The third-order valence-corrected chi connectivity index (χ3v) is 6.59. The molecule has 3 heterocycles. The van der Waals surface area contributed by atoms with Crippen LogP contribution in [0.5, 0.6) is 0 Å². The van der Waals surface area contributed by atoms with Crippen LogP contribution in [0.1, 0.15) is 24.4 Å². The molecule has 0 fully saturated rings. The summed E-state index contributed by atoms with van der Waals surface area (Å²) in [5.74, 6) is -0.869. The lowest BCUT2D eigenvalue weighted by Gasteiger charge is -2.34. The fourth-order valence-electron chi connectivity index (χ4n) is 3.19. The summed E-state index contributed by atoms with van der Waals surface area (Å²) in [6.45, 7) is 1.46. The number of carbonyl (C=O) groups excluding carboxylic acids is 1. The van der Waals surface area contributed by atoms with Gasteiger partial charge in [-0.05, 0) is 18.2 Å². The fourth-order valence-corrected chi connectivity index (χ4v) is 4.40. The zero-order valence-electron chi connectivity index (χ0n) is 15.7. The molecule has 0 bridgehead atoms. The smallest absolute Gasteiger partial charge is 0.364 e. The largest absolute Gasteiger partial charge is 0.417 e. The van der Waals surface area contributed by atoms with E-state index in [1.807, 2.05) is 0 Å². The fraction of sp³-hybridized carbons (Fsp3) is 0.353. The molecule has 2 aromatic rings. The first kappa shape index (κ1) is 20.8. The van der Waals surface area contributed by atoms with Crippen LogP contribution in [0.3, 0.4) is 0 Å². The van der Waals surface area contributed by atoms with Crippen LogP contribution in [0.25, 0.3) is 11.2 Å². The molecule has 12 heteroatoms. The van der Waals surface area contributed by atoms with Crippen LogP contribution < -0.4 is 5.73 Å². The molecule has 8 nitrogen and oxygen atoms in total. The second-order valence-corrected chi connectivity index (χ2v) is 8.77. The molecule has 156 valence electrons. The number of halogens is 3. The van der Waals surface area contributed by atoms with Crippen molar-refractivity contribution < 1.29 is 26.4 Å². The van der Waals surface area contributed by atoms with Crippen LogP contribution in [0.2, 0.25) is 0 Å². The van der Waals surface area contributed by atoms with Gasteiger partial charge in [-0.2, -0.15) is 13.2 Å².